The minimum Gasteiger partial charge on any atom is -0.229 e. The summed E-state index contributed by atoms with van der Waals surface area (Å²) in [5, 5.41) is 11.4. The Morgan fingerprint density at radius 1 is 0.958 bits per heavy atom. The molecule has 0 saturated carbocycles. The van der Waals surface area contributed by atoms with Crippen molar-refractivity contribution in [2.75, 3.05) is 0 Å². The van der Waals surface area contributed by atoms with Crippen molar-refractivity contribution in [1.29, 1.82) is 0 Å². The summed E-state index contributed by atoms with van der Waals surface area (Å²) in [6, 6.07) is 9.73. The topological polar surface area (TPSA) is 43.6 Å². The van der Waals surface area contributed by atoms with Crippen molar-refractivity contribution in [2.45, 2.75) is 13.8 Å². The first-order chi connectivity index (χ1) is 11.5. The number of rotatable bonds is 3. The number of benzene rings is 2. The second-order valence-electron chi connectivity index (χ2n) is 5.65. The van der Waals surface area contributed by atoms with Gasteiger partial charge in [-0.15, -0.1) is 5.10 Å². The molecule has 24 heavy (non-hydrogen) atoms. The molecule has 0 bridgehead atoms. The Morgan fingerprint density at radius 2 is 1.50 bits per heavy atom. The highest BCUT2D eigenvalue weighted by Crippen LogP contribution is 2.28. The predicted molar refractivity (Wildman–Crippen MR) is 88.0 cm³/mol. The first-order valence-corrected chi connectivity index (χ1v) is 7.43. The standard InChI is InChI=1S/C18H16F2N4/c1-11-8-13(4-6-16(11)19)15(10-18-21-22-23-24(18)3)14-5-7-17(20)12(2)9-14/h4-10H,1-3H3. The van der Waals surface area contributed by atoms with E-state index in [2.05, 4.69) is 15.5 Å². The first-order valence-electron chi connectivity index (χ1n) is 7.43. The summed E-state index contributed by atoms with van der Waals surface area (Å²) in [4.78, 5) is 0. The van der Waals surface area contributed by atoms with Crippen molar-refractivity contribution in [3.63, 3.8) is 0 Å². The minimum absolute atomic E-state index is 0.270. The van der Waals surface area contributed by atoms with Gasteiger partial charge >= 0.3 is 0 Å². The SMILES string of the molecule is Cc1cc(C(=Cc2nnnn2C)c2ccc(F)c(C)c2)ccc1F. The summed E-state index contributed by atoms with van der Waals surface area (Å²) < 4.78 is 28.8. The summed E-state index contributed by atoms with van der Waals surface area (Å²) in [5.74, 6) is 0.0105. The fourth-order valence-electron chi connectivity index (χ4n) is 2.45. The molecule has 3 rings (SSSR count). The van der Waals surface area contributed by atoms with Gasteiger partial charge in [-0.05, 0) is 82.4 Å². The van der Waals surface area contributed by atoms with Crippen LogP contribution < -0.4 is 0 Å². The Labute approximate surface area is 138 Å². The number of halogens is 2. The van der Waals surface area contributed by atoms with E-state index in [0.29, 0.717) is 17.0 Å². The number of aryl methyl sites for hydroxylation is 3. The van der Waals surface area contributed by atoms with E-state index in [1.165, 1.54) is 16.8 Å². The molecule has 1 aromatic heterocycles. The Bertz CT molecular complexity index is 875. The minimum atomic E-state index is -0.270. The molecule has 0 aliphatic rings. The molecule has 0 spiro atoms. The molecular weight excluding hydrogens is 310 g/mol. The van der Waals surface area contributed by atoms with Crippen LogP contribution in [0, 0.1) is 25.5 Å². The fourth-order valence-corrected chi connectivity index (χ4v) is 2.45. The lowest BCUT2D eigenvalue weighted by Crippen LogP contribution is -1.97. The molecule has 2 aromatic carbocycles. The number of hydrogen-bond donors (Lipinski definition) is 0. The van der Waals surface area contributed by atoms with Crippen LogP contribution in [-0.2, 0) is 7.05 Å². The molecule has 1 heterocycles. The third kappa shape index (κ3) is 3.08. The Kier molecular flexibility index (Phi) is 4.20. The highest BCUT2D eigenvalue weighted by molar-refractivity contribution is 5.90. The van der Waals surface area contributed by atoms with Crippen LogP contribution in [0.2, 0.25) is 0 Å². The Hall–Kier alpha value is -2.89. The van der Waals surface area contributed by atoms with E-state index < -0.39 is 0 Å². The molecule has 3 aromatic rings. The van der Waals surface area contributed by atoms with E-state index >= 15 is 0 Å². The molecule has 0 N–H and O–H groups in total. The van der Waals surface area contributed by atoms with E-state index in [0.717, 1.165) is 16.7 Å². The number of tetrazole rings is 1. The van der Waals surface area contributed by atoms with Crippen LogP contribution in [0.3, 0.4) is 0 Å². The van der Waals surface area contributed by atoms with Gasteiger partial charge in [0.2, 0.25) is 0 Å². The van der Waals surface area contributed by atoms with Gasteiger partial charge in [0.15, 0.2) is 5.82 Å². The molecule has 0 fully saturated rings. The van der Waals surface area contributed by atoms with Gasteiger partial charge in [0.25, 0.3) is 0 Å². The largest absolute Gasteiger partial charge is 0.229 e. The lowest BCUT2D eigenvalue weighted by Gasteiger charge is -2.11. The van der Waals surface area contributed by atoms with Gasteiger partial charge in [-0.25, -0.2) is 13.5 Å². The third-order valence-corrected chi connectivity index (χ3v) is 3.86. The predicted octanol–water partition coefficient (Wildman–Crippen LogP) is 3.69. The van der Waals surface area contributed by atoms with Crippen molar-refractivity contribution >= 4 is 11.6 Å². The van der Waals surface area contributed by atoms with Crippen molar-refractivity contribution in [1.82, 2.24) is 20.2 Å². The van der Waals surface area contributed by atoms with Crippen molar-refractivity contribution in [2.24, 2.45) is 7.05 Å². The lowest BCUT2D eigenvalue weighted by atomic mass is 9.95. The van der Waals surface area contributed by atoms with Crippen LogP contribution >= 0.6 is 0 Å². The fraction of sp³-hybridized carbons (Fsp3) is 0.167. The smallest absolute Gasteiger partial charge is 0.175 e. The van der Waals surface area contributed by atoms with Crippen LogP contribution in [-0.4, -0.2) is 20.2 Å². The Morgan fingerprint density at radius 3 is 1.92 bits per heavy atom. The lowest BCUT2D eigenvalue weighted by molar-refractivity contribution is 0.618. The van der Waals surface area contributed by atoms with Gasteiger partial charge in [-0.2, -0.15) is 0 Å². The normalized spacial score (nSPS) is 10.7. The zero-order valence-corrected chi connectivity index (χ0v) is 13.6. The summed E-state index contributed by atoms with van der Waals surface area (Å²) in [6.45, 7) is 3.41. The molecule has 0 aliphatic heterocycles. The monoisotopic (exact) mass is 326 g/mol. The number of aromatic nitrogens is 4. The van der Waals surface area contributed by atoms with Crippen LogP contribution in [0.4, 0.5) is 8.78 Å². The van der Waals surface area contributed by atoms with E-state index in [4.69, 9.17) is 0 Å². The molecule has 0 amide bonds. The second-order valence-corrected chi connectivity index (χ2v) is 5.65. The van der Waals surface area contributed by atoms with Crippen LogP contribution in [0.15, 0.2) is 36.4 Å². The Balaban J connectivity index is 2.20. The van der Waals surface area contributed by atoms with Gasteiger partial charge < -0.3 is 0 Å². The summed E-state index contributed by atoms with van der Waals surface area (Å²) in [6.07, 6.45) is 1.80. The zero-order valence-electron chi connectivity index (χ0n) is 13.6. The van der Waals surface area contributed by atoms with E-state index in [9.17, 15) is 8.78 Å². The first kappa shape index (κ1) is 16.0. The third-order valence-electron chi connectivity index (χ3n) is 3.86. The molecule has 0 radical (unpaired) electrons. The molecule has 6 heteroatoms. The summed E-state index contributed by atoms with van der Waals surface area (Å²) in [5.41, 5.74) is 3.48. The maximum Gasteiger partial charge on any atom is 0.175 e. The van der Waals surface area contributed by atoms with Gasteiger partial charge in [0.05, 0.1) is 0 Å². The van der Waals surface area contributed by atoms with E-state index in [-0.39, 0.29) is 11.6 Å². The number of nitrogens with zero attached hydrogens (tertiary/aromatic N) is 4. The average molecular weight is 326 g/mol. The molecular formula is C18H16F2N4. The molecule has 0 atom stereocenters. The van der Waals surface area contributed by atoms with Gasteiger partial charge in [0.1, 0.15) is 11.6 Å². The molecule has 0 saturated heterocycles. The highest BCUT2D eigenvalue weighted by atomic mass is 19.1. The van der Waals surface area contributed by atoms with Crippen LogP contribution in [0.1, 0.15) is 28.1 Å². The summed E-state index contributed by atoms with van der Waals surface area (Å²) >= 11 is 0. The maximum absolute atomic E-state index is 13.6. The van der Waals surface area contributed by atoms with E-state index in [1.807, 2.05) is 0 Å². The molecule has 0 aliphatic carbocycles. The van der Waals surface area contributed by atoms with E-state index in [1.54, 1.807) is 51.2 Å². The quantitative estimate of drug-likeness (QED) is 0.737. The molecule has 122 valence electrons. The van der Waals surface area contributed by atoms with Gasteiger partial charge in [-0.3, -0.25) is 0 Å². The van der Waals surface area contributed by atoms with Crippen LogP contribution in [0.25, 0.3) is 11.6 Å². The maximum atomic E-state index is 13.6. The number of hydrogen-bond acceptors (Lipinski definition) is 3. The van der Waals surface area contributed by atoms with Crippen molar-refractivity contribution in [3.05, 3.63) is 76.1 Å². The average Bonchev–Trinajstić information content (AvgIpc) is 2.96. The van der Waals surface area contributed by atoms with Gasteiger partial charge in [0, 0.05) is 7.05 Å². The second kappa shape index (κ2) is 6.31. The summed E-state index contributed by atoms with van der Waals surface area (Å²) in [7, 11) is 1.73. The zero-order chi connectivity index (χ0) is 17.3. The molecule has 0 unspecified atom stereocenters. The molecule has 4 nitrogen and oxygen atoms in total. The highest BCUT2D eigenvalue weighted by Gasteiger charge is 2.11. The van der Waals surface area contributed by atoms with Crippen LogP contribution in [0.5, 0.6) is 0 Å². The van der Waals surface area contributed by atoms with Crippen molar-refractivity contribution in [3.8, 4) is 0 Å². The van der Waals surface area contributed by atoms with Crippen molar-refractivity contribution < 1.29 is 8.78 Å². The van der Waals surface area contributed by atoms with Gasteiger partial charge in [-0.1, -0.05) is 12.1 Å².